The van der Waals surface area contributed by atoms with Gasteiger partial charge in [0.05, 0.1) is 12.3 Å². The topological polar surface area (TPSA) is 64.8 Å². The molecule has 0 spiro atoms. The van der Waals surface area contributed by atoms with Crippen LogP contribution in [0.25, 0.3) is 0 Å². The molecule has 0 aromatic carbocycles. The van der Waals surface area contributed by atoms with Crippen molar-refractivity contribution in [2.75, 3.05) is 13.2 Å². The van der Waals surface area contributed by atoms with Crippen molar-refractivity contribution in [1.29, 1.82) is 0 Å². The highest BCUT2D eigenvalue weighted by Crippen LogP contribution is 2.10. The Bertz CT molecular complexity index is 214. The normalized spacial score (nSPS) is 28.4. The number of oxime groups is 1. The zero-order valence-electron chi connectivity index (χ0n) is 8.32. The van der Waals surface area contributed by atoms with Gasteiger partial charge in [-0.3, -0.25) is 0 Å². The maximum atomic E-state index is 8.84. The minimum Gasteiger partial charge on any atom is -0.411 e. The predicted molar refractivity (Wildman–Crippen MR) is 55.7 cm³/mol. The minimum absolute atomic E-state index is 0.108. The molecule has 0 saturated heterocycles. The summed E-state index contributed by atoms with van der Waals surface area (Å²) in [7, 11) is 0. The molecule has 0 aromatic heterocycles. The first-order valence-corrected chi connectivity index (χ1v) is 5.08. The molecule has 4 heteroatoms. The van der Waals surface area contributed by atoms with Crippen LogP contribution in [0.5, 0.6) is 0 Å². The molecule has 1 aliphatic rings. The van der Waals surface area contributed by atoms with Crippen LogP contribution in [0.2, 0.25) is 0 Å². The Labute approximate surface area is 84.3 Å². The SMILES string of the molecule is OCCNC1CC/C=C\CC/C1=N\O. The fourth-order valence-corrected chi connectivity index (χ4v) is 1.65. The zero-order chi connectivity index (χ0) is 10.2. The Morgan fingerprint density at radius 2 is 2.21 bits per heavy atom. The number of aliphatic hydroxyl groups is 1. The first kappa shape index (κ1) is 11.2. The van der Waals surface area contributed by atoms with Crippen LogP contribution in [0.3, 0.4) is 0 Å². The second kappa shape index (κ2) is 6.56. The smallest absolute Gasteiger partial charge is 0.0742 e. The van der Waals surface area contributed by atoms with E-state index in [1.807, 2.05) is 0 Å². The van der Waals surface area contributed by atoms with Gasteiger partial charge >= 0.3 is 0 Å². The van der Waals surface area contributed by atoms with Crippen molar-refractivity contribution in [3.63, 3.8) is 0 Å². The van der Waals surface area contributed by atoms with E-state index in [-0.39, 0.29) is 12.6 Å². The van der Waals surface area contributed by atoms with Gasteiger partial charge in [0.25, 0.3) is 0 Å². The lowest BCUT2D eigenvalue weighted by Crippen LogP contribution is -2.38. The average Bonchev–Trinajstić information content (AvgIpc) is 2.17. The summed E-state index contributed by atoms with van der Waals surface area (Å²) in [5.74, 6) is 0. The molecule has 0 fully saturated rings. The summed E-state index contributed by atoms with van der Waals surface area (Å²) in [5, 5.41) is 24.0. The number of nitrogens with zero attached hydrogens (tertiary/aromatic N) is 1. The van der Waals surface area contributed by atoms with Gasteiger partial charge in [-0.1, -0.05) is 17.3 Å². The number of hydrogen-bond donors (Lipinski definition) is 3. The van der Waals surface area contributed by atoms with Crippen molar-refractivity contribution in [3.8, 4) is 0 Å². The second-order valence-electron chi connectivity index (χ2n) is 3.41. The van der Waals surface area contributed by atoms with E-state index >= 15 is 0 Å². The molecule has 1 unspecified atom stereocenters. The molecule has 0 bridgehead atoms. The lowest BCUT2D eigenvalue weighted by molar-refractivity contribution is 0.285. The van der Waals surface area contributed by atoms with E-state index in [4.69, 9.17) is 10.3 Å². The van der Waals surface area contributed by atoms with Gasteiger partial charge in [-0.25, -0.2) is 0 Å². The van der Waals surface area contributed by atoms with Gasteiger partial charge < -0.3 is 15.6 Å². The molecule has 0 aliphatic heterocycles. The summed E-state index contributed by atoms with van der Waals surface area (Å²) < 4.78 is 0. The Morgan fingerprint density at radius 3 is 2.93 bits per heavy atom. The quantitative estimate of drug-likeness (QED) is 0.358. The van der Waals surface area contributed by atoms with Gasteiger partial charge in [0, 0.05) is 12.6 Å². The molecule has 1 rings (SSSR count). The Hall–Kier alpha value is -0.870. The van der Waals surface area contributed by atoms with Crippen LogP contribution >= 0.6 is 0 Å². The fraction of sp³-hybridized carbons (Fsp3) is 0.700. The number of rotatable bonds is 3. The highest BCUT2D eigenvalue weighted by atomic mass is 16.4. The van der Waals surface area contributed by atoms with Crippen LogP contribution < -0.4 is 5.32 Å². The maximum absolute atomic E-state index is 8.84. The molecule has 0 saturated carbocycles. The number of aliphatic hydroxyl groups excluding tert-OH is 1. The molecule has 1 aliphatic carbocycles. The lowest BCUT2D eigenvalue weighted by atomic mass is 9.99. The summed E-state index contributed by atoms with van der Waals surface area (Å²) in [5.41, 5.74) is 0.794. The molecule has 0 heterocycles. The highest BCUT2D eigenvalue weighted by Gasteiger charge is 2.15. The Balaban J connectivity index is 2.52. The number of nitrogens with one attached hydrogen (secondary N) is 1. The van der Waals surface area contributed by atoms with E-state index in [2.05, 4.69) is 22.6 Å². The summed E-state index contributed by atoms with van der Waals surface area (Å²) in [6.45, 7) is 0.665. The van der Waals surface area contributed by atoms with Crippen LogP contribution in [-0.2, 0) is 0 Å². The third-order valence-corrected chi connectivity index (χ3v) is 2.39. The molecule has 0 amide bonds. The van der Waals surface area contributed by atoms with Crippen molar-refractivity contribution < 1.29 is 10.3 Å². The van der Waals surface area contributed by atoms with E-state index < -0.39 is 0 Å². The number of allylic oxidation sites excluding steroid dienone is 2. The van der Waals surface area contributed by atoms with Crippen LogP contribution in [-0.4, -0.2) is 35.2 Å². The van der Waals surface area contributed by atoms with Gasteiger partial charge in [0.2, 0.25) is 0 Å². The first-order chi connectivity index (χ1) is 6.88. The van der Waals surface area contributed by atoms with Crippen LogP contribution in [0.1, 0.15) is 25.7 Å². The van der Waals surface area contributed by atoms with Crippen LogP contribution in [0, 0.1) is 0 Å². The molecule has 1 atom stereocenters. The molecule has 3 N–H and O–H groups in total. The third kappa shape index (κ3) is 3.47. The van der Waals surface area contributed by atoms with Gasteiger partial charge in [0.15, 0.2) is 0 Å². The van der Waals surface area contributed by atoms with E-state index in [0.717, 1.165) is 31.4 Å². The Kier molecular flexibility index (Phi) is 5.25. The van der Waals surface area contributed by atoms with Crippen molar-refractivity contribution in [2.45, 2.75) is 31.7 Å². The number of hydrogen-bond acceptors (Lipinski definition) is 4. The molecule has 0 radical (unpaired) electrons. The van der Waals surface area contributed by atoms with E-state index in [9.17, 15) is 0 Å². The standard InChI is InChI=1S/C10H18N2O2/c13-8-7-11-9-5-3-1-2-4-6-10(9)12-14/h1-2,9,11,13-14H,3-8H2/b2-1-,12-10+. The van der Waals surface area contributed by atoms with Crippen molar-refractivity contribution >= 4 is 5.71 Å². The van der Waals surface area contributed by atoms with Crippen LogP contribution in [0.15, 0.2) is 17.3 Å². The first-order valence-electron chi connectivity index (χ1n) is 5.08. The van der Waals surface area contributed by atoms with Gasteiger partial charge in [-0.05, 0) is 25.7 Å². The minimum atomic E-state index is 0.108. The molecule has 0 aromatic rings. The Morgan fingerprint density at radius 1 is 1.43 bits per heavy atom. The summed E-state index contributed by atoms with van der Waals surface area (Å²) in [4.78, 5) is 0. The monoisotopic (exact) mass is 198 g/mol. The van der Waals surface area contributed by atoms with E-state index in [1.165, 1.54) is 0 Å². The van der Waals surface area contributed by atoms with E-state index in [0.29, 0.717) is 6.54 Å². The molecule has 14 heavy (non-hydrogen) atoms. The highest BCUT2D eigenvalue weighted by molar-refractivity contribution is 5.89. The van der Waals surface area contributed by atoms with Crippen molar-refractivity contribution in [3.05, 3.63) is 12.2 Å². The molecular formula is C10H18N2O2. The lowest BCUT2D eigenvalue weighted by Gasteiger charge is -2.19. The second-order valence-corrected chi connectivity index (χ2v) is 3.41. The zero-order valence-corrected chi connectivity index (χ0v) is 8.32. The summed E-state index contributed by atoms with van der Waals surface area (Å²) in [6.07, 6.45) is 7.90. The van der Waals surface area contributed by atoms with Gasteiger partial charge in [0.1, 0.15) is 0 Å². The largest absolute Gasteiger partial charge is 0.411 e. The fourth-order valence-electron chi connectivity index (χ4n) is 1.65. The molecule has 80 valence electrons. The predicted octanol–water partition coefficient (Wildman–Crippen LogP) is 0.897. The maximum Gasteiger partial charge on any atom is 0.0742 e. The van der Waals surface area contributed by atoms with Gasteiger partial charge in [-0.15, -0.1) is 0 Å². The third-order valence-electron chi connectivity index (χ3n) is 2.39. The average molecular weight is 198 g/mol. The molecular weight excluding hydrogens is 180 g/mol. The van der Waals surface area contributed by atoms with Crippen molar-refractivity contribution in [2.24, 2.45) is 5.16 Å². The summed E-state index contributed by atoms with van der Waals surface area (Å²) >= 11 is 0. The summed E-state index contributed by atoms with van der Waals surface area (Å²) in [6, 6.07) is 0.108. The van der Waals surface area contributed by atoms with Crippen molar-refractivity contribution in [1.82, 2.24) is 5.32 Å². The van der Waals surface area contributed by atoms with Crippen LogP contribution in [0.4, 0.5) is 0 Å². The van der Waals surface area contributed by atoms with Gasteiger partial charge in [-0.2, -0.15) is 0 Å². The molecule has 4 nitrogen and oxygen atoms in total. The van der Waals surface area contributed by atoms with E-state index in [1.54, 1.807) is 0 Å².